The lowest BCUT2D eigenvalue weighted by molar-refractivity contribution is -0.991. The van der Waals surface area contributed by atoms with Crippen molar-refractivity contribution in [1.82, 2.24) is 0 Å². The summed E-state index contributed by atoms with van der Waals surface area (Å²) in [5, 5.41) is 18.3. The second kappa shape index (κ2) is 4.04. The number of benzene rings is 1. The topological polar surface area (TPSA) is 64.8 Å². The average Bonchev–Trinajstić information content (AvgIpc) is 2.08. The van der Waals surface area contributed by atoms with Gasteiger partial charge in [-0.15, -0.1) is 0 Å². The van der Waals surface area contributed by atoms with Gasteiger partial charge in [0, 0.05) is 6.07 Å². The van der Waals surface area contributed by atoms with Gasteiger partial charge in [-0.05, 0) is 6.07 Å². The minimum absolute atomic E-state index is 0.0156. The van der Waals surface area contributed by atoms with Gasteiger partial charge in [0.15, 0.2) is 12.0 Å². The Balaban J connectivity index is 3.32. The smallest absolute Gasteiger partial charge is 0.175 e. The summed E-state index contributed by atoms with van der Waals surface area (Å²) >= 11 is 11.2. The van der Waals surface area contributed by atoms with E-state index in [-0.39, 0.29) is 21.3 Å². The second-order valence-corrected chi connectivity index (χ2v) is 3.09. The molecule has 1 atom stereocenters. The molecule has 6 heteroatoms. The van der Waals surface area contributed by atoms with Gasteiger partial charge < -0.3 is 5.21 Å². The van der Waals surface area contributed by atoms with E-state index >= 15 is 0 Å². The first kappa shape index (κ1) is 10.4. The zero-order chi connectivity index (χ0) is 10.0. The lowest BCUT2D eigenvalue weighted by atomic mass is 10.2. The number of halogens is 2. The van der Waals surface area contributed by atoms with E-state index in [2.05, 4.69) is 0 Å². The summed E-state index contributed by atoms with van der Waals surface area (Å²) in [6.07, 6.45) is 0.422. The molecule has 70 valence electrons. The van der Waals surface area contributed by atoms with Crippen molar-refractivity contribution in [2.75, 3.05) is 0 Å². The molecule has 0 spiro atoms. The van der Waals surface area contributed by atoms with Crippen LogP contribution in [0.3, 0.4) is 0 Å². The van der Waals surface area contributed by atoms with Gasteiger partial charge in [0.2, 0.25) is 0 Å². The molecule has 0 aliphatic rings. The van der Waals surface area contributed by atoms with Gasteiger partial charge >= 0.3 is 0 Å². The summed E-state index contributed by atoms with van der Waals surface area (Å²) in [5.41, 5.74) is -0.133. The largest absolute Gasteiger partial charge is 0.595 e. The molecule has 0 aliphatic carbocycles. The first-order chi connectivity index (χ1) is 6.06. The van der Waals surface area contributed by atoms with E-state index in [1.165, 1.54) is 6.07 Å². The average molecular weight is 222 g/mol. The molecular formula is C7H5Cl2NO3. The molecule has 0 saturated heterocycles. The van der Waals surface area contributed by atoms with Crippen LogP contribution in [0, 0.1) is 5.21 Å². The van der Waals surface area contributed by atoms with Crippen molar-refractivity contribution < 1.29 is 15.2 Å². The zero-order valence-electron chi connectivity index (χ0n) is 6.25. The van der Waals surface area contributed by atoms with Gasteiger partial charge in [-0.3, -0.25) is 4.79 Å². The Labute approximate surface area is 83.8 Å². The van der Waals surface area contributed by atoms with E-state index in [0.29, 0.717) is 6.29 Å². The Hall–Kier alpha value is -0.650. The number of quaternary nitrogens is 1. The van der Waals surface area contributed by atoms with Crippen LogP contribution in [0.25, 0.3) is 0 Å². The molecular weight excluding hydrogens is 217 g/mol. The van der Waals surface area contributed by atoms with E-state index in [0.717, 1.165) is 6.07 Å². The molecule has 4 nitrogen and oxygen atoms in total. The molecule has 1 unspecified atom stereocenters. The van der Waals surface area contributed by atoms with Gasteiger partial charge in [-0.1, -0.05) is 23.2 Å². The van der Waals surface area contributed by atoms with Crippen molar-refractivity contribution in [2.45, 2.75) is 0 Å². The molecule has 0 bridgehead atoms. The van der Waals surface area contributed by atoms with Crippen LogP contribution in [-0.2, 0) is 0 Å². The van der Waals surface area contributed by atoms with Crippen molar-refractivity contribution in [3.8, 4) is 0 Å². The van der Waals surface area contributed by atoms with Crippen LogP contribution in [0.15, 0.2) is 12.1 Å². The maximum atomic E-state index is 10.6. The van der Waals surface area contributed by atoms with Gasteiger partial charge in [0.25, 0.3) is 0 Å². The highest BCUT2D eigenvalue weighted by Gasteiger charge is 2.11. The molecule has 0 aliphatic heterocycles. The van der Waals surface area contributed by atoms with Crippen molar-refractivity contribution >= 4 is 35.2 Å². The van der Waals surface area contributed by atoms with Crippen molar-refractivity contribution in [3.63, 3.8) is 0 Å². The predicted octanol–water partition coefficient (Wildman–Crippen LogP) is 1.21. The fourth-order valence-electron chi connectivity index (χ4n) is 0.845. The SMILES string of the molecule is O=Cc1cc(Cl)c(Cl)cc1[NH+]([O-])O. The fourth-order valence-corrected chi connectivity index (χ4v) is 1.18. The molecule has 1 aromatic carbocycles. The number of carbonyl (C=O) groups is 1. The molecule has 13 heavy (non-hydrogen) atoms. The Kier molecular flexibility index (Phi) is 3.24. The fraction of sp³-hybridized carbons (Fsp3) is 0. The first-order valence-electron chi connectivity index (χ1n) is 3.23. The van der Waals surface area contributed by atoms with Crippen molar-refractivity contribution in [1.29, 1.82) is 0 Å². The van der Waals surface area contributed by atoms with Crippen molar-refractivity contribution in [3.05, 3.63) is 32.9 Å². The Morgan fingerprint density at radius 3 is 2.38 bits per heavy atom. The third-order valence-corrected chi connectivity index (χ3v) is 2.17. The highest BCUT2D eigenvalue weighted by atomic mass is 35.5. The van der Waals surface area contributed by atoms with Crippen LogP contribution in [-0.4, -0.2) is 11.5 Å². The third-order valence-electron chi connectivity index (χ3n) is 1.45. The molecule has 1 aromatic rings. The van der Waals surface area contributed by atoms with Crippen molar-refractivity contribution in [2.24, 2.45) is 0 Å². The molecule has 0 heterocycles. The highest BCUT2D eigenvalue weighted by molar-refractivity contribution is 6.42. The Morgan fingerprint density at radius 1 is 1.38 bits per heavy atom. The number of carbonyl (C=O) groups excluding carboxylic acids is 1. The van der Waals surface area contributed by atoms with Gasteiger partial charge in [0.05, 0.1) is 15.6 Å². The normalized spacial score (nSPS) is 12.6. The lowest BCUT2D eigenvalue weighted by Crippen LogP contribution is -2.99. The van der Waals surface area contributed by atoms with Crippen LogP contribution in [0.5, 0.6) is 0 Å². The molecule has 0 radical (unpaired) electrons. The number of hydrogen-bond donors (Lipinski definition) is 2. The molecule has 1 rings (SSSR count). The van der Waals surface area contributed by atoms with Crippen LogP contribution in [0.4, 0.5) is 5.69 Å². The summed E-state index contributed by atoms with van der Waals surface area (Å²) in [4.78, 5) is 10.4. The van der Waals surface area contributed by atoms with E-state index in [9.17, 15) is 10.0 Å². The Bertz CT molecular complexity index is 341. The number of nitrogens with one attached hydrogen (secondary N) is 1. The second-order valence-electron chi connectivity index (χ2n) is 2.28. The monoisotopic (exact) mass is 221 g/mol. The van der Waals surface area contributed by atoms with Crippen LogP contribution < -0.4 is 5.23 Å². The minimum Gasteiger partial charge on any atom is -0.595 e. The quantitative estimate of drug-likeness (QED) is 0.583. The summed E-state index contributed by atoms with van der Waals surface area (Å²) in [5.74, 6) is 0. The predicted molar refractivity (Wildman–Crippen MR) is 47.6 cm³/mol. The van der Waals surface area contributed by atoms with E-state index in [1.54, 1.807) is 0 Å². The summed E-state index contributed by atoms with van der Waals surface area (Å²) in [7, 11) is 0. The molecule has 2 N–H and O–H groups in total. The number of aldehydes is 1. The van der Waals surface area contributed by atoms with E-state index in [1.807, 2.05) is 0 Å². The summed E-state index contributed by atoms with van der Waals surface area (Å²) < 4.78 is 0. The molecule has 0 saturated carbocycles. The summed E-state index contributed by atoms with van der Waals surface area (Å²) in [6, 6.07) is 2.37. The number of hydrogen-bond acceptors (Lipinski definition) is 3. The van der Waals surface area contributed by atoms with Crippen LogP contribution >= 0.6 is 23.2 Å². The zero-order valence-corrected chi connectivity index (χ0v) is 7.76. The molecule has 0 amide bonds. The highest BCUT2D eigenvalue weighted by Crippen LogP contribution is 2.26. The standard InChI is InChI=1S/C7H5Cl2NO3/c8-5-1-4(3-11)7(10(12)13)2-6(5)9/h1-3,10,12H. The molecule has 0 fully saturated rings. The van der Waals surface area contributed by atoms with Gasteiger partial charge in [0.1, 0.15) is 0 Å². The van der Waals surface area contributed by atoms with Gasteiger partial charge in [-0.25, -0.2) is 5.21 Å². The lowest BCUT2D eigenvalue weighted by Gasteiger charge is -2.13. The van der Waals surface area contributed by atoms with Crippen LogP contribution in [0.2, 0.25) is 10.0 Å². The molecule has 0 aromatic heterocycles. The first-order valence-corrected chi connectivity index (χ1v) is 3.99. The maximum absolute atomic E-state index is 10.6. The van der Waals surface area contributed by atoms with Gasteiger partial charge in [-0.2, -0.15) is 5.23 Å². The maximum Gasteiger partial charge on any atom is 0.175 e. The number of rotatable bonds is 2. The van der Waals surface area contributed by atoms with Crippen LogP contribution in [0.1, 0.15) is 10.4 Å². The van der Waals surface area contributed by atoms with E-state index in [4.69, 9.17) is 28.4 Å². The minimum atomic E-state index is -1.21. The van der Waals surface area contributed by atoms with E-state index < -0.39 is 5.23 Å². The summed E-state index contributed by atoms with van der Waals surface area (Å²) in [6.45, 7) is 0. The third kappa shape index (κ3) is 2.18. The Morgan fingerprint density at radius 2 is 1.92 bits per heavy atom.